The van der Waals surface area contributed by atoms with Gasteiger partial charge in [0, 0.05) is 5.71 Å². The van der Waals surface area contributed by atoms with E-state index in [0.717, 1.165) is 25.0 Å². The zero-order valence-electron chi connectivity index (χ0n) is 13.3. The molecule has 1 N–H and O–H groups in total. The zero-order valence-corrected chi connectivity index (χ0v) is 13.3. The van der Waals surface area contributed by atoms with E-state index in [-0.39, 0.29) is 12.5 Å². The van der Waals surface area contributed by atoms with E-state index in [1.165, 1.54) is 6.42 Å². The van der Waals surface area contributed by atoms with E-state index in [9.17, 15) is 4.79 Å². The van der Waals surface area contributed by atoms with Crippen molar-refractivity contribution in [1.82, 2.24) is 5.43 Å². The zero-order chi connectivity index (χ0) is 15.8. The first-order chi connectivity index (χ1) is 10.7. The molecular formula is C17H24N2O3. The Morgan fingerprint density at radius 3 is 2.73 bits per heavy atom. The molecule has 22 heavy (non-hydrogen) atoms. The maximum atomic E-state index is 11.8. The Bertz CT molecular complexity index is 528. The van der Waals surface area contributed by atoms with E-state index >= 15 is 0 Å². The summed E-state index contributed by atoms with van der Waals surface area (Å²) < 4.78 is 11.0. The number of rotatable bonds is 6. The Morgan fingerprint density at radius 2 is 2.05 bits per heavy atom. The van der Waals surface area contributed by atoms with Crippen molar-refractivity contribution < 1.29 is 14.3 Å². The number of carbonyl (C=O) groups excluding carboxylic acids is 1. The molecule has 0 aliphatic heterocycles. The topological polar surface area (TPSA) is 59.9 Å². The van der Waals surface area contributed by atoms with Crippen LogP contribution in [0.25, 0.3) is 0 Å². The number of carbonyl (C=O) groups is 1. The van der Waals surface area contributed by atoms with Gasteiger partial charge < -0.3 is 9.47 Å². The smallest absolute Gasteiger partial charge is 0.277 e. The minimum absolute atomic E-state index is 0.0730. The average Bonchev–Trinajstić information content (AvgIpc) is 2.52. The van der Waals surface area contributed by atoms with Crippen molar-refractivity contribution in [3.63, 3.8) is 0 Å². The summed E-state index contributed by atoms with van der Waals surface area (Å²) in [7, 11) is 0. The molecular weight excluding hydrogens is 280 g/mol. The predicted molar refractivity (Wildman–Crippen MR) is 86.3 cm³/mol. The van der Waals surface area contributed by atoms with Crippen LogP contribution in [-0.4, -0.2) is 24.8 Å². The first-order valence-corrected chi connectivity index (χ1v) is 7.88. The van der Waals surface area contributed by atoms with Crippen molar-refractivity contribution >= 4 is 11.6 Å². The minimum atomic E-state index is -0.253. The Hall–Kier alpha value is -2.04. The van der Waals surface area contributed by atoms with Crippen LogP contribution in [0, 0.1) is 5.92 Å². The molecule has 0 bridgehead atoms. The number of benzene rings is 1. The molecule has 0 aromatic heterocycles. The van der Waals surface area contributed by atoms with Gasteiger partial charge in [0.15, 0.2) is 18.1 Å². The van der Waals surface area contributed by atoms with E-state index in [1.54, 1.807) is 6.07 Å². The molecule has 1 aromatic rings. The van der Waals surface area contributed by atoms with Gasteiger partial charge in [-0.1, -0.05) is 19.1 Å². The van der Waals surface area contributed by atoms with Gasteiger partial charge in [0.25, 0.3) is 5.91 Å². The molecule has 0 radical (unpaired) electrons. The molecule has 0 spiro atoms. The molecule has 1 aliphatic rings. The number of hydrogen-bond acceptors (Lipinski definition) is 4. The molecule has 0 unspecified atom stereocenters. The predicted octanol–water partition coefficient (Wildman–Crippen LogP) is 3.15. The molecule has 1 saturated carbocycles. The number of para-hydroxylation sites is 2. The van der Waals surface area contributed by atoms with Crippen molar-refractivity contribution in [2.75, 3.05) is 13.2 Å². The van der Waals surface area contributed by atoms with E-state index in [4.69, 9.17) is 9.47 Å². The van der Waals surface area contributed by atoms with E-state index in [2.05, 4.69) is 17.5 Å². The number of nitrogens with zero attached hydrogens (tertiary/aromatic N) is 1. The third kappa shape index (κ3) is 5.06. The average molecular weight is 304 g/mol. The lowest BCUT2D eigenvalue weighted by atomic mass is 9.89. The van der Waals surface area contributed by atoms with Crippen molar-refractivity contribution in [3.05, 3.63) is 24.3 Å². The van der Waals surface area contributed by atoms with Crippen LogP contribution in [0.2, 0.25) is 0 Å². The Kier molecular flexibility index (Phi) is 6.25. The van der Waals surface area contributed by atoms with Crippen molar-refractivity contribution in [2.24, 2.45) is 11.0 Å². The molecule has 0 saturated heterocycles. The number of ether oxygens (including phenoxy) is 2. The van der Waals surface area contributed by atoms with Crippen LogP contribution in [0.1, 0.15) is 39.5 Å². The van der Waals surface area contributed by atoms with Crippen LogP contribution in [-0.2, 0) is 4.79 Å². The summed E-state index contributed by atoms with van der Waals surface area (Å²) in [5.74, 6) is 1.61. The lowest BCUT2D eigenvalue weighted by Crippen LogP contribution is -2.27. The van der Waals surface area contributed by atoms with Crippen LogP contribution >= 0.6 is 0 Å². The van der Waals surface area contributed by atoms with Crippen LogP contribution < -0.4 is 14.9 Å². The summed E-state index contributed by atoms with van der Waals surface area (Å²) in [6, 6.07) is 7.32. The van der Waals surface area contributed by atoms with Crippen molar-refractivity contribution in [3.8, 4) is 11.5 Å². The van der Waals surface area contributed by atoms with Gasteiger partial charge in [-0.15, -0.1) is 0 Å². The SMILES string of the molecule is CCOc1ccccc1OCC(=O)N/N=C1/CCC[C@H](C)C1. The normalized spacial score (nSPS) is 19.7. The summed E-state index contributed by atoms with van der Waals surface area (Å²) in [5, 5.41) is 4.21. The molecule has 1 atom stereocenters. The van der Waals surface area contributed by atoms with Crippen LogP contribution in [0.3, 0.4) is 0 Å². The van der Waals surface area contributed by atoms with E-state index in [0.29, 0.717) is 24.0 Å². The molecule has 5 nitrogen and oxygen atoms in total. The fourth-order valence-corrected chi connectivity index (χ4v) is 2.52. The summed E-state index contributed by atoms with van der Waals surface area (Å²) in [4.78, 5) is 11.8. The molecule has 1 aliphatic carbocycles. The lowest BCUT2D eigenvalue weighted by Gasteiger charge is -2.19. The lowest BCUT2D eigenvalue weighted by molar-refractivity contribution is -0.123. The molecule has 0 heterocycles. The van der Waals surface area contributed by atoms with Gasteiger partial charge in [0.05, 0.1) is 6.61 Å². The number of hydrazone groups is 1. The summed E-state index contributed by atoms with van der Waals surface area (Å²) in [5.41, 5.74) is 3.65. The highest BCUT2D eigenvalue weighted by atomic mass is 16.5. The molecule has 1 fully saturated rings. The number of hydrogen-bond donors (Lipinski definition) is 1. The maximum Gasteiger partial charge on any atom is 0.277 e. The second-order valence-electron chi connectivity index (χ2n) is 5.58. The van der Waals surface area contributed by atoms with Gasteiger partial charge >= 0.3 is 0 Å². The van der Waals surface area contributed by atoms with E-state index in [1.807, 2.05) is 25.1 Å². The fraction of sp³-hybridized carbons (Fsp3) is 0.529. The molecule has 120 valence electrons. The van der Waals surface area contributed by atoms with Crippen LogP contribution in [0.5, 0.6) is 11.5 Å². The van der Waals surface area contributed by atoms with Gasteiger partial charge in [-0.3, -0.25) is 4.79 Å². The Labute approximate surface area is 131 Å². The first kappa shape index (κ1) is 16.3. The third-order valence-corrected chi connectivity index (χ3v) is 3.59. The highest BCUT2D eigenvalue weighted by molar-refractivity contribution is 5.87. The Balaban J connectivity index is 1.81. The summed E-state index contributed by atoms with van der Waals surface area (Å²) in [6.07, 6.45) is 4.32. The molecule has 2 rings (SSSR count). The number of amides is 1. The van der Waals surface area contributed by atoms with Gasteiger partial charge in [0.1, 0.15) is 0 Å². The Morgan fingerprint density at radius 1 is 1.32 bits per heavy atom. The minimum Gasteiger partial charge on any atom is -0.490 e. The first-order valence-electron chi connectivity index (χ1n) is 7.88. The largest absolute Gasteiger partial charge is 0.490 e. The van der Waals surface area contributed by atoms with Gasteiger partial charge in [-0.05, 0) is 50.7 Å². The second kappa shape index (κ2) is 8.41. The molecule has 1 amide bonds. The highest BCUT2D eigenvalue weighted by Crippen LogP contribution is 2.26. The van der Waals surface area contributed by atoms with Gasteiger partial charge in [0.2, 0.25) is 0 Å². The quantitative estimate of drug-likeness (QED) is 0.821. The van der Waals surface area contributed by atoms with Crippen molar-refractivity contribution in [2.45, 2.75) is 39.5 Å². The summed E-state index contributed by atoms with van der Waals surface area (Å²) in [6.45, 7) is 4.60. The van der Waals surface area contributed by atoms with Crippen molar-refractivity contribution in [1.29, 1.82) is 0 Å². The molecule has 5 heteroatoms. The van der Waals surface area contributed by atoms with E-state index < -0.39 is 0 Å². The van der Waals surface area contributed by atoms with Crippen LogP contribution in [0.4, 0.5) is 0 Å². The van der Waals surface area contributed by atoms with Gasteiger partial charge in [-0.25, -0.2) is 5.43 Å². The summed E-state index contributed by atoms with van der Waals surface area (Å²) >= 11 is 0. The van der Waals surface area contributed by atoms with Gasteiger partial charge in [-0.2, -0.15) is 5.10 Å². The fourth-order valence-electron chi connectivity index (χ4n) is 2.52. The monoisotopic (exact) mass is 304 g/mol. The standard InChI is InChI=1S/C17H24N2O3/c1-3-21-15-9-4-5-10-16(15)22-12-17(20)19-18-14-8-6-7-13(2)11-14/h4-5,9-10,13H,3,6-8,11-12H2,1-2H3,(H,19,20)/b18-14-/t13-/m0/s1. The maximum absolute atomic E-state index is 11.8. The number of nitrogens with one attached hydrogen (secondary N) is 1. The highest BCUT2D eigenvalue weighted by Gasteiger charge is 2.14. The third-order valence-electron chi connectivity index (χ3n) is 3.59. The molecule has 1 aromatic carbocycles. The van der Waals surface area contributed by atoms with Crippen LogP contribution in [0.15, 0.2) is 29.4 Å². The second-order valence-corrected chi connectivity index (χ2v) is 5.58.